The SMILES string of the molecule is CNCc1nnc(-c2sccc2F)s1. The Labute approximate surface area is 88.6 Å². The summed E-state index contributed by atoms with van der Waals surface area (Å²) in [5.74, 6) is -0.220. The number of hydrogen-bond acceptors (Lipinski definition) is 5. The van der Waals surface area contributed by atoms with Crippen LogP contribution in [0.5, 0.6) is 0 Å². The van der Waals surface area contributed by atoms with Crippen LogP contribution in [0.1, 0.15) is 5.01 Å². The first kappa shape index (κ1) is 9.70. The molecule has 0 aromatic carbocycles. The van der Waals surface area contributed by atoms with Gasteiger partial charge in [-0.05, 0) is 18.5 Å². The van der Waals surface area contributed by atoms with Gasteiger partial charge in [0.2, 0.25) is 0 Å². The van der Waals surface area contributed by atoms with Crippen LogP contribution in [0.25, 0.3) is 9.88 Å². The molecule has 1 N–H and O–H groups in total. The minimum atomic E-state index is -0.220. The summed E-state index contributed by atoms with van der Waals surface area (Å²) in [7, 11) is 1.84. The van der Waals surface area contributed by atoms with Gasteiger partial charge in [0.25, 0.3) is 0 Å². The largest absolute Gasteiger partial charge is 0.313 e. The second-order valence-corrected chi connectivity index (χ2v) is 4.61. The van der Waals surface area contributed by atoms with E-state index in [-0.39, 0.29) is 5.82 Å². The van der Waals surface area contributed by atoms with Gasteiger partial charge < -0.3 is 5.32 Å². The highest BCUT2D eigenvalue weighted by molar-refractivity contribution is 7.20. The van der Waals surface area contributed by atoms with E-state index in [1.807, 2.05) is 7.05 Å². The third-order valence-electron chi connectivity index (χ3n) is 1.61. The van der Waals surface area contributed by atoms with E-state index in [0.29, 0.717) is 16.4 Å². The molecule has 0 aliphatic rings. The first-order valence-electron chi connectivity index (χ1n) is 4.01. The molecule has 0 fully saturated rings. The summed E-state index contributed by atoms with van der Waals surface area (Å²) in [4.78, 5) is 0.574. The fourth-order valence-electron chi connectivity index (χ4n) is 1.01. The van der Waals surface area contributed by atoms with Crippen LogP contribution in [0.4, 0.5) is 4.39 Å². The van der Waals surface area contributed by atoms with Crippen molar-refractivity contribution in [1.29, 1.82) is 0 Å². The van der Waals surface area contributed by atoms with Crippen molar-refractivity contribution >= 4 is 22.7 Å². The van der Waals surface area contributed by atoms with Crippen molar-refractivity contribution in [2.24, 2.45) is 0 Å². The second-order valence-electron chi connectivity index (χ2n) is 2.63. The van der Waals surface area contributed by atoms with Gasteiger partial charge in [0.1, 0.15) is 15.7 Å². The summed E-state index contributed by atoms with van der Waals surface area (Å²) in [5.41, 5.74) is 0. The van der Waals surface area contributed by atoms with Crippen LogP contribution in [0.15, 0.2) is 11.4 Å². The van der Waals surface area contributed by atoms with Gasteiger partial charge in [0.15, 0.2) is 5.01 Å². The lowest BCUT2D eigenvalue weighted by Gasteiger charge is -1.89. The maximum atomic E-state index is 13.2. The molecule has 0 bridgehead atoms. The summed E-state index contributed by atoms with van der Waals surface area (Å²) in [6.45, 7) is 0.671. The molecule has 14 heavy (non-hydrogen) atoms. The highest BCUT2D eigenvalue weighted by Gasteiger charge is 2.11. The second kappa shape index (κ2) is 4.12. The monoisotopic (exact) mass is 229 g/mol. The lowest BCUT2D eigenvalue weighted by Crippen LogP contribution is -2.04. The molecule has 0 saturated heterocycles. The molecule has 0 atom stereocenters. The van der Waals surface area contributed by atoms with Crippen molar-refractivity contribution in [1.82, 2.24) is 15.5 Å². The van der Waals surface area contributed by atoms with E-state index in [1.54, 1.807) is 5.38 Å². The Morgan fingerprint density at radius 3 is 3.00 bits per heavy atom. The van der Waals surface area contributed by atoms with Crippen molar-refractivity contribution < 1.29 is 4.39 Å². The molecule has 74 valence electrons. The molecule has 2 aromatic heterocycles. The van der Waals surface area contributed by atoms with Crippen molar-refractivity contribution in [2.45, 2.75) is 6.54 Å². The number of halogens is 1. The van der Waals surface area contributed by atoms with E-state index in [2.05, 4.69) is 15.5 Å². The summed E-state index contributed by atoms with van der Waals surface area (Å²) >= 11 is 2.76. The lowest BCUT2D eigenvalue weighted by atomic mass is 10.5. The molecule has 2 heterocycles. The van der Waals surface area contributed by atoms with Gasteiger partial charge in [-0.2, -0.15) is 0 Å². The zero-order valence-electron chi connectivity index (χ0n) is 7.45. The number of thiophene rings is 1. The third-order valence-corrected chi connectivity index (χ3v) is 3.57. The molecular formula is C8H8FN3S2. The number of rotatable bonds is 3. The van der Waals surface area contributed by atoms with Crippen LogP contribution in [-0.4, -0.2) is 17.2 Å². The summed E-state index contributed by atoms with van der Waals surface area (Å²) in [6.07, 6.45) is 0. The van der Waals surface area contributed by atoms with Gasteiger partial charge in [-0.25, -0.2) is 4.39 Å². The Balaban J connectivity index is 2.29. The minimum Gasteiger partial charge on any atom is -0.313 e. The topological polar surface area (TPSA) is 37.8 Å². The molecule has 0 spiro atoms. The highest BCUT2D eigenvalue weighted by Crippen LogP contribution is 2.30. The fourth-order valence-corrected chi connectivity index (χ4v) is 2.72. The molecular weight excluding hydrogens is 221 g/mol. The van der Waals surface area contributed by atoms with Gasteiger partial charge >= 0.3 is 0 Å². The number of nitrogens with zero attached hydrogens (tertiary/aromatic N) is 2. The van der Waals surface area contributed by atoms with E-state index < -0.39 is 0 Å². The average Bonchev–Trinajstić information content (AvgIpc) is 2.74. The Kier molecular flexibility index (Phi) is 2.85. The predicted molar refractivity (Wildman–Crippen MR) is 55.9 cm³/mol. The Morgan fingerprint density at radius 1 is 1.50 bits per heavy atom. The van der Waals surface area contributed by atoms with Crippen LogP contribution in [-0.2, 0) is 6.54 Å². The van der Waals surface area contributed by atoms with Crippen LogP contribution >= 0.6 is 22.7 Å². The quantitative estimate of drug-likeness (QED) is 0.876. The zero-order valence-corrected chi connectivity index (χ0v) is 9.08. The first-order chi connectivity index (χ1) is 6.81. The molecule has 0 saturated carbocycles. The number of nitrogens with one attached hydrogen (secondary N) is 1. The molecule has 2 aromatic rings. The zero-order chi connectivity index (χ0) is 9.97. The van der Waals surface area contributed by atoms with Crippen LogP contribution in [0.2, 0.25) is 0 Å². The molecule has 0 radical (unpaired) electrons. The van der Waals surface area contributed by atoms with Gasteiger partial charge in [0, 0.05) is 6.54 Å². The molecule has 0 amide bonds. The summed E-state index contributed by atoms with van der Waals surface area (Å²) < 4.78 is 13.2. The summed E-state index contributed by atoms with van der Waals surface area (Å²) in [6, 6.07) is 1.44. The number of aromatic nitrogens is 2. The van der Waals surface area contributed by atoms with Gasteiger partial charge in [0.05, 0.1) is 0 Å². The lowest BCUT2D eigenvalue weighted by molar-refractivity contribution is 0.636. The molecule has 0 aliphatic heterocycles. The average molecular weight is 229 g/mol. The van der Waals surface area contributed by atoms with Crippen LogP contribution < -0.4 is 5.32 Å². The Morgan fingerprint density at radius 2 is 2.36 bits per heavy atom. The van der Waals surface area contributed by atoms with E-state index in [4.69, 9.17) is 0 Å². The van der Waals surface area contributed by atoms with Gasteiger partial charge in [-0.15, -0.1) is 21.5 Å². The first-order valence-corrected chi connectivity index (χ1v) is 5.71. The van der Waals surface area contributed by atoms with Gasteiger partial charge in [-0.1, -0.05) is 11.3 Å². The van der Waals surface area contributed by atoms with Crippen LogP contribution in [0.3, 0.4) is 0 Å². The minimum absolute atomic E-state index is 0.220. The summed E-state index contributed by atoms with van der Waals surface area (Å²) in [5, 5.41) is 14.1. The molecule has 3 nitrogen and oxygen atoms in total. The third kappa shape index (κ3) is 1.82. The van der Waals surface area contributed by atoms with E-state index in [1.165, 1.54) is 28.7 Å². The molecule has 6 heteroatoms. The number of hydrogen-bond donors (Lipinski definition) is 1. The Hall–Kier alpha value is -0.850. The molecule has 2 rings (SSSR count). The van der Waals surface area contributed by atoms with E-state index in [0.717, 1.165) is 5.01 Å². The normalized spacial score (nSPS) is 10.7. The fraction of sp³-hybridized carbons (Fsp3) is 0.250. The van der Waals surface area contributed by atoms with Crippen molar-refractivity contribution in [3.63, 3.8) is 0 Å². The van der Waals surface area contributed by atoms with Crippen LogP contribution in [0, 0.1) is 5.82 Å². The van der Waals surface area contributed by atoms with Crippen molar-refractivity contribution in [3.8, 4) is 9.88 Å². The predicted octanol–water partition coefficient (Wildman–Crippen LogP) is 2.13. The molecule has 0 unspecified atom stereocenters. The van der Waals surface area contributed by atoms with E-state index >= 15 is 0 Å². The maximum absolute atomic E-state index is 13.2. The Bertz CT molecular complexity index is 424. The van der Waals surface area contributed by atoms with Crippen molar-refractivity contribution in [2.75, 3.05) is 7.05 Å². The standard InChI is InChI=1S/C8H8FN3S2/c1-10-4-6-11-12-8(14-6)7-5(9)2-3-13-7/h2-3,10H,4H2,1H3. The van der Waals surface area contributed by atoms with Gasteiger partial charge in [-0.3, -0.25) is 0 Å². The van der Waals surface area contributed by atoms with Crippen molar-refractivity contribution in [3.05, 3.63) is 22.3 Å². The smallest absolute Gasteiger partial charge is 0.160 e. The highest BCUT2D eigenvalue weighted by atomic mass is 32.1. The molecule has 0 aliphatic carbocycles. The maximum Gasteiger partial charge on any atom is 0.160 e. The van der Waals surface area contributed by atoms with E-state index in [9.17, 15) is 4.39 Å².